The highest BCUT2D eigenvalue weighted by atomic mass is 32.2. The van der Waals surface area contributed by atoms with Crippen LogP contribution in [0.15, 0.2) is 29.2 Å². The van der Waals surface area contributed by atoms with E-state index in [1.54, 1.807) is 12.1 Å². The third-order valence-electron chi connectivity index (χ3n) is 3.80. The fourth-order valence-corrected chi connectivity index (χ4v) is 3.27. The third-order valence-corrected chi connectivity index (χ3v) is 4.71. The molecule has 1 saturated heterocycles. The first kappa shape index (κ1) is 16.4. The zero-order valence-electron chi connectivity index (χ0n) is 12.4. The fourth-order valence-electron chi connectivity index (χ4n) is 2.68. The number of hydrogen-bond acceptors (Lipinski definition) is 4. The predicted octanol–water partition coefficient (Wildman–Crippen LogP) is 1.77. The number of sulfonamides is 1. The smallest absolute Gasteiger partial charge is 0.238 e. The van der Waals surface area contributed by atoms with Gasteiger partial charge in [-0.15, -0.1) is 0 Å². The number of nitrogens with one attached hydrogen (secondary N) is 1. The minimum absolute atomic E-state index is 0.164. The lowest BCUT2D eigenvalue weighted by atomic mass is 10.00. The van der Waals surface area contributed by atoms with Gasteiger partial charge >= 0.3 is 0 Å². The molecule has 2 atom stereocenters. The van der Waals surface area contributed by atoms with Crippen LogP contribution in [0, 0.1) is 0 Å². The Balaban J connectivity index is 1.91. The van der Waals surface area contributed by atoms with Crippen LogP contribution in [-0.2, 0) is 21.3 Å². The Morgan fingerprint density at radius 3 is 2.95 bits per heavy atom. The highest BCUT2D eigenvalue weighted by Gasteiger charge is 2.21. The Morgan fingerprint density at radius 2 is 2.24 bits per heavy atom. The summed E-state index contributed by atoms with van der Waals surface area (Å²) in [7, 11) is -3.63. The normalized spacial score (nSPS) is 23.1. The number of rotatable bonds is 6. The van der Waals surface area contributed by atoms with Gasteiger partial charge in [0.25, 0.3) is 0 Å². The lowest BCUT2D eigenvalue weighted by Crippen LogP contribution is -2.38. The maximum Gasteiger partial charge on any atom is 0.238 e. The highest BCUT2D eigenvalue weighted by molar-refractivity contribution is 7.89. The maximum atomic E-state index is 11.3. The van der Waals surface area contributed by atoms with Gasteiger partial charge in [0.15, 0.2) is 0 Å². The molecule has 0 aromatic heterocycles. The average Bonchev–Trinajstić information content (AvgIpc) is 2.45. The van der Waals surface area contributed by atoms with Crippen LogP contribution in [0.3, 0.4) is 0 Å². The summed E-state index contributed by atoms with van der Waals surface area (Å²) in [5.74, 6) is 0. The number of nitrogens with two attached hydrogens (primary N) is 1. The molecule has 3 N–H and O–H groups in total. The molecule has 6 heteroatoms. The summed E-state index contributed by atoms with van der Waals surface area (Å²) >= 11 is 0. The average molecular weight is 312 g/mol. The molecule has 0 radical (unpaired) electrons. The summed E-state index contributed by atoms with van der Waals surface area (Å²) in [5.41, 5.74) is 0.931. The Kier molecular flexibility index (Phi) is 5.75. The van der Waals surface area contributed by atoms with Gasteiger partial charge in [-0.1, -0.05) is 25.5 Å². The number of hydrogen-bond donors (Lipinski definition) is 2. The largest absolute Gasteiger partial charge is 0.378 e. The Hall–Kier alpha value is -0.950. The van der Waals surface area contributed by atoms with E-state index in [0.717, 1.165) is 37.9 Å². The summed E-state index contributed by atoms with van der Waals surface area (Å²) in [6, 6.07) is 7.20. The van der Waals surface area contributed by atoms with Crippen LogP contribution in [-0.4, -0.2) is 27.2 Å². The molecule has 1 aliphatic rings. The van der Waals surface area contributed by atoms with E-state index >= 15 is 0 Å². The summed E-state index contributed by atoms with van der Waals surface area (Å²) < 4.78 is 28.4. The Labute approximate surface area is 126 Å². The third kappa shape index (κ3) is 5.07. The van der Waals surface area contributed by atoms with Crippen molar-refractivity contribution in [3.05, 3.63) is 29.8 Å². The van der Waals surface area contributed by atoms with Gasteiger partial charge in [-0.2, -0.15) is 0 Å². The van der Waals surface area contributed by atoms with Crippen LogP contribution in [0.4, 0.5) is 0 Å². The first-order chi connectivity index (χ1) is 9.99. The second-order valence-electron chi connectivity index (χ2n) is 5.58. The molecule has 21 heavy (non-hydrogen) atoms. The van der Waals surface area contributed by atoms with Crippen molar-refractivity contribution >= 4 is 10.0 Å². The molecular formula is C15H24N2O3S. The first-order valence-corrected chi connectivity index (χ1v) is 9.00. The van der Waals surface area contributed by atoms with Gasteiger partial charge in [-0.3, -0.25) is 0 Å². The molecule has 1 aromatic carbocycles. The Bertz CT molecular complexity index is 558. The Morgan fingerprint density at radius 1 is 1.43 bits per heavy atom. The van der Waals surface area contributed by atoms with E-state index < -0.39 is 10.0 Å². The van der Waals surface area contributed by atoms with E-state index in [0.29, 0.717) is 18.7 Å². The van der Waals surface area contributed by atoms with Gasteiger partial charge in [0.2, 0.25) is 10.0 Å². The van der Waals surface area contributed by atoms with Gasteiger partial charge in [0.1, 0.15) is 0 Å². The quantitative estimate of drug-likeness (QED) is 0.839. The molecule has 1 aromatic rings. The zero-order chi connectivity index (χ0) is 15.3. The molecule has 1 fully saturated rings. The number of primary sulfonamides is 1. The molecule has 0 aliphatic carbocycles. The number of benzene rings is 1. The van der Waals surface area contributed by atoms with Gasteiger partial charge in [0, 0.05) is 19.2 Å². The van der Waals surface area contributed by atoms with Gasteiger partial charge < -0.3 is 10.1 Å². The molecule has 0 bridgehead atoms. The molecular weight excluding hydrogens is 288 g/mol. The monoisotopic (exact) mass is 312 g/mol. The molecule has 0 saturated carbocycles. The van der Waals surface area contributed by atoms with E-state index in [-0.39, 0.29) is 4.90 Å². The lowest BCUT2D eigenvalue weighted by Gasteiger charge is -2.30. The second kappa shape index (κ2) is 7.35. The van der Waals surface area contributed by atoms with Gasteiger partial charge in [-0.05, 0) is 37.0 Å². The first-order valence-electron chi connectivity index (χ1n) is 7.45. The van der Waals surface area contributed by atoms with Crippen molar-refractivity contribution in [1.82, 2.24) is 5.32 Å². The summed E-state index contributed by atoms with van der Waals surface area (Å²) in [6.07, 6.45) is 4.59. The van der Waals surface area contributed by atoms with E-state index in [2.05, 4.69) is 12.2 Å². The highest BCUT2D eigenvalue weighted by Crippen LogP contribution is 2.18. The summed E-state index contributed by atoms with van der Waals surface area (Å²) in [6.45, 7) is 3.60. The number of ether oxygens (including phenoxy) is 1. The van der Waals surface area contributed by atoms with Crippen molar-refractivity contribution < 1.29 is 13.2 Å². The molecule has 118 valence electrons. The summed E-state index contributed by atoms with van der Waals surface area (Å²) in [5, 5.41) is 8.64. The van der Waals surface area contributed by atoms with Crippen LogP contribution in [0.25, 0.3) is 0 Å². The van der Waals surface area contributed by atoms with E-state index in [1.165, 1.54) is 6.07 Å². The van der Waals surface area contributed by atoms with Crippen LogP contribution in [0.2, 0.25) is 0 Å². The molecule has 0 spiro atoms. The minimum Gasteiger partial charge on any atom is -0.378 e. The van der Waals surface area contributed by atoms with Gasteiger partial charge in [0.05, 0.1) is 11.0 Å². The molecule has 2 rings (SSSR count). The maximum absolute atomic E-state index is 11.3. The molecule has 5 nitrogen and oxygen atoms in total. The van der Waals surface area contributed by atoms with E-state index in [1.807, 2.05) is 6.07 Å². The van der Waals surface area contributed by atoms with Gasteiger partial charge in [-0.25, -0.2) is 13.6 Å². The van der Waals surface area contributed by atoms with Crippen LogP contribution >= 0.6 is 0 Å². The van der Waals surface area contributed by atoms with Crippen molar-refractivity contribution in [2.75, 3.05) is 6.61 Å². The molecule has 1 heterocycles. The minimum atomic E-state index is -3.63. The summed E-state index contributed by atoms with van der Waals surface area (Å²) in [4.78, 5) is 0.164. The van der Waals surface area contributed by atoms with Crippen molar-refractivity contribution in [2.24, 2.45) is 5.14 Å². The molecule has 0 amide bonds. The van der Waals surface area contributed by atoms with Crippen molar-refractivity contribution in [2.45, 2.75) is 56.2 Å². The topological polar surface area (TPSA) is 81.4 Å². The van der Waals surface area contributed by atoms with Crippen LogP contribution in [0.5, 0.6) is 0 Å². The zero-order valence-corrected chi connectivity index (χ0v) is 13.2. The molecule has 2 unspecified atom stereocenters. The fraction of sp³-hybridized carbons (Fsp3) is 0.600. The predicted molar refractivity (Wildman–Crippen MR) is 82.3 cm³/mol. The van der Waals surface area contributed by atoms with Crippen molar-refractivity contribution in [1.29, 1.82) is 0 Å². The van der Waals surface area contributed by atoms with Crippen LogP contribution in [0.1, 0.15) is 38.2 Å². The second-order valence-corrected chi connectivity index (χ2v) is 7.14. The lowest BCUT2D eigenvalue weighted by molar-refractivity contribution is -0.00343. The van der Waals surface area contributed by atoms with Crippen LogP contribution < -0.4 is 10.5 Å². The molecule has 1 aliphatic heterocycles. The standard InChI is InChI=1S/C15H24N2O3S/c1-2-4-14-10-13(7-8-20-14)17-11-12-5-3-6-15(9-12)21(16,18)19/h3,5-6,9,13-14,17H,2,4,7-8,10-11H2,1H3,(H2,16,18,19). The SMILES string of the molecule is CCCC1CC(NCc2cccc(S(N)(=O)=O)c2)CCO1. The van der Waals surface area contributed by atoms with Crippen molar-refractivity contribution in [3.63, 3.8) is 0 Å². The van der Waals surface area contributed by atoms with Crippen molar-refractivity contribution in [3.8, 4) is 0 Å². The van der Waals surface area contributed by atoms with E-state index in [4.69, 9.17) is 9.88 Å². The van der Waals surface area contributed by atoms with E-state index in [9.17, 15) is 8.42 Å².